The minimum Gasteiger partial charge on any atom is -0.493 e. The smallest absolute Gasteiger partial charge is 0.306 e. The molecule has 174 valence electrons. The average Bonchev–Trinajstić information content (AvgIpc) is 2.81. The van der Waals surface area contributed by atoms with E-state index < -0.39 is 35.0 Å². The third-order valence-electron chi connectivity index (χ3n) is 4.51. The molecule has 0 atom stereocenters. The minimum atomic E-state index is -0.995. The van der Waals surface area contributed by atoms with Gasteiger partial charge in [-0.15, -0.1) is 0 Å². The summed E-state index contributed by atoms with van der Waals surface area (Å²) < 4.78 is 33.3. The summed E-state index contributed by atoms with van der Waals surface area (Å²) in [5, 5.41) is 13.4. The van der Waals surface area contributed by atoms with E-state index in [2.05, 4.69) is 10.6 Å². The van der Waals surface area contributed by atoms with E-state index in [-0.39, 0.29) is 24.4 Å². The molecular formula is C25H20F2N2O5. The molecule has 0 saturated heterocycles. The second-order valence-electron chi connectivity index (χ2n) is 6.99. The Balaban J connectivity index is 1.86. The van der Waals surface area contributed by atoms with Gasteiger partial charge in [0, 0.05) is 0 Å². The molecule has 0 aliphatic rings. The fourth-order valence-electron chi connectivity index (χ4n) is 2.82. The maximum absolute atomic E-state index is 14.0. The number of rotatable bonds is 9. The molecule has 3 N–H and O–H groups in total. The van der Waals surface area contributed by atoms with Crippen molar-refractivity contribution >= 4 is 35.2 Å². The van der Waals surface area contributed by atoms with E-state index in [0.29, 0.717) is 11.3 Å². The highest BCUT2D eigenvalue weighted by atomic mass is 19.1. The van der Waals surface area contributed by atoms with Crippen LogP contribution in [0.1, 0.15) is 12.0 Å². The Morgan fingerprint density at radius 1 is 0.794 bits per heavy atom. The van der Waals surface area contributed by atoms with E-state index in [1.54, 1.807) is 12.1 Å². The van der Waals surface area contributed by atoms with Crippen molar-refractivity contribution in [3.63, 3.8) is 0 Å². The van der Waals surface area contributed by atoms with Crippen LogP contribution in [0.2, 0.25) is 0 Å². The lowest BCUT2D eigenvalue weighted by Gasteiger charge is -2.11. The molecule has 0 spiro atoms. The molecule has 3 aromatic rings. The number of anilines is 2. The van der Waals surface area contributed by atoms with Crippen molar-refractivity contribution in [2.45, 2.75) is 6.42 Å². The quantitative estimate of drug-likeness (QED) is 0.245. The summed E-state index contributed by atoms with van der Waals surface area (Å²) in [6, 6.07) is 17.1. The molecule has 7 nitrogen and oxygen atoms in total. The van der Waals surface area contributed by atoms with Crippen LogP contribution in [0, 0.1) is 11.6 Å². The highest BCUT2D eigenvalue weighted by Gasteiger charge is 2.21. The van der Waals surface area contributed by atoms with E-state index in [1.807, 2.05) is 0 Å². The zero-order valence-electron chi connectivity index (χ0n) is 17.8. The number of carbonyl (C=O) groups is 3. The van der Waals surface area contributed by atoms with Crippen LogP contribution in [0.25, 0.3) is 6.08 Å². The monoisotopic (exact) mass is 466 g/mol. The number of benzene rings is 3. The Kier molecular flexibility index (Phi) is 8.07. The fourth-order valence-corrected chi connectivity index (χ4v) is 2.82. The number of ether oxygens (including phenoxy) is 1. The summed E-state index contributed by atoms with van der Waals surface area (Å²) in [5.41, 5.74) is -0.224. The number of para-hydroxylation sites is 2. The van der Waals surface area contributed by atoms with E-state index in [0.717, 1.165) is 12.1 Å². The van der Waals surface area contributed by atoms with E-state index >= 15 is 0 Å². The Morgan fingerprint density at radius 2 is 1.29 bits per heavy atom. The predicted octanol–water partition coefficient (Wildman–Crippen LogP) is 4.48. The van der Waals surface area contributed by atoms with Gasteiger partial charge in [0.25, 0.3) is 11.8 Å². The molecule has 0 aliphatic carbocycles. The van der Waals surface area contributed by atoms with Gasteiger partial charge in [-0.25, -0.2) is 8.78 Å². The van der Waals surface area contributed by atoms with Crippen molar-refractivity contribution in [1.82, 2.24) is 0 Å². The Morgan fingerprint density at radius 3 is 1.76 bits per heavy atom. The van der Waals surface area contributed by atoms with Gasteiger partial charge in [-0.3, -0.25) is 14.4 Å². The highest BCUT2D eigenvalue weighted by molar-refractivity contribution is 6.28. The Labute approximate surface area is 193 Å². The van der Waals surface area contributed by atoms with Gasteiger partial charge < -0.3 is 20.5 Å². The SMILES string of the molecule is O=C(O)CCOc1ccc(C=C(C(=O)Nc2ccccc2F)C(=O)Nc2ccccc2F)cc1. The van der Waals surface area contributed by atoms with Gasteiger partial charge in [0.05, 0.1) is 24.4 Å². The largest absolute Gasteiger partial charge is 0.493 e. The predicted molar refractivity (Wildman–Crippen MR) is 122 cm³/mol. The van der Waals surface area contributed by atoms with E-state index in [4.69, 9.17) is 9.84 Å². The molecule has 0 radical (unpaired) electrons. The number of hydrogen-bond acceptors (Lipinski definition) is 4. The van der Waals surface area contributed by atoms with Gasteiger partial charge in [0.2, 0.25) is 0 Å². The average molecular weight is 466 g/mol. The number of nitrogens with one attached hydrogen (secondary N) is 2. The molecule has 3 aromatic carbocycles. The molecule has 3 rings (SSSR count). The maximum atomic E-state index is 14.0. The van der Waals surface area contributed by atoms with Crippen LogP contribution in [0.5, 0.6) is 5.75 Å². The molecule has 0 aliphatic heterocycles. The normalized spacial score (nSPS) is 10.2. The molecule has 0 unspecified atom stereocenters. The highest BCUT2D eigenvalue weighted by Crippen LogP contribution is 2.20. The van der Waals surface area contributed by atoms with E-state index in [1.165, 1.54) is 54.6 Å². The number of amides is 2. The van der Waals surface area contributed by atoms with Crippen LogP contribution >= 0.6 is 0 Å². The van der Waals surface area contributed by atoms with Gasteiger partial charge in [-0.2, -0.15) is 0 Å². The number of halogens is 2. The standard InChI is InChI=1S/C25H20F2N2O5/c26-19-5-1-3-7-21(19)28-24(32)18(25(33)29-22-8-4-2-6-20(22)27)15-16-9-11-17(12-10-16)34-14-13-23(30)31/h1-12,15H,13-14H2,(H,28,32)(H,29,33)(H,30,31). The topological polar surface area (TPSA) is 105 Å². The fraction of sp³-hybridized carbons (Fsp3) is 0.0800. The lowest BCUT2D eigenvalue weighted by molar-refractivity contribution is -0.137. The van der Waals surface area contributed by atoms with Crippen molar-refractivity contribution in [1.29, 1.82) is 0 Å². The second-order valence-corrected chi connectivity index (χ2v) is 6.99. The zero-order chi connectivity index (χ0) is 24.5. The summed E-state index contributed by atoms with van der Waals surface area (Å²) >= 11 is 0. The lowest BCUT2D eigenvalue weighted by Crippen LogP contribution is -2.26. The summed E-state index contributed by atoms with van der Waals surface area (Å²) in [6.07, 6.45) is 1.09. The van der Waals surface area contributed by atoms with Crippen molar-refractivity contribution in [3.05, 3.63) is 95.6 Å². The molecule has 9 heteroatoms. The molecule has 0 saturated carbocycles. The second kappa shape index (κ2) is 11.4. The number of hydrogen-bond donors (Lipinski definition) is 3. The first kappa shape index (κ1) is 24.1. The van der Waals surface area contributed by atoms with Crippen LogP contribution in [0.3, 0.4) is 0 Å². The number of carbonyl (C=O) groups excluding carboxylic acids is 2. The third kappa shape index (κ3) is 6.73. The number of aliphatic carboxylic acids is 1. The first-order valence-corrected chi connectivity index (χ1v) is 10.1. The van der Waals surface area contributed by atoms with Gasteiger partial charge >= 0.3 is 5.97 Å². The number of carboxylic acids is 1. The molecule has 2 amide bonds. The van der Waals surface area contributed by atoms with E-state index in [9.17, 15) is 23.2 Å². The van der Waals surface area contributed by atoms with Gasteiger partial charge in [-0.1, -0.05) is 36.4 Å². The maximum Gasteiger partial charge on any atom is 0.306 e. The summed E-state index contributed by atoms with van der Waals surface area (Å²) in [7, 11) is 0. The van der Waals surface area contributed by atoms with Crippen LogP contribution in [0.15, 0.2) is 78.4 Å². The number of carboxylic acid groups (broad SMARTS) is 1. The summed E-state index contributed by atoms with van der Waals surface area (Å²) in [6.45, 7) is -0.0220. The minimum absolute atomic E-state index is 0.0220. The summed E-state index contributed by atoms with van der Waals surface area (Å²) in [4.78, 5) is 36.3. The van der Waals surface area contributed by atoms with Crippen LogP contribution in [0.4, 0.5) is 20.2 Å². The van der Waals surface area contributed by atoms with Gasteiger partial charge in [0.15, 0.2) is 0 Å². The molecule has 34 heavy (non-hydrogen) atoms. The molecule has 0 aromatic heterocycles. The molecule has 0 bridgehead atoms. The lowest BCUT2D eigenvalue weighted by atomic mass is 10.1. The van der Waals surface area contributed by atoms with Gasteiger partial charge in [0.1, 0.15) is 23.0 Å². The van der Waals surface area contributed by atoms with Crippen molar-refractivity contribution in [3.8, 4) is 5.75 Å². The van der Waals surface area contributed by atoms with Gasteiger partial charge in [-0.05, 0) is 48.0 Å². The van der Waals surface area contributed by atoms with Crippen molar-refractivity contribution in [2.24, 2.45) is 0 Å². The molecule has 0 heterocycles. The Hall–Kier alpha value is -4.53. The van der Waals surface area contributed by atoms with Crippen LogP contribution in [-0.2, 0) is 14.4 Å². The summed E-state index contributed by atoms with van der Waals surface area (Å²) in [5.74, 6) is -3.78. The van der Waals surface area contributed by atoms with Crippen molar-refractivity contribution < 1.29 is 33.0 Å². The third-order valence-corrected chi connectivity index (χ3v) is 4.51. The molecular weight excluding hydrogens is 446 g/mol. The first-order chi connectivity index (χ1) is 16.3. The van der Waals surface area contributed by atoms with Crippen LogP contribution < -0.4 is 15.4 Å². The Bertz CT molecular complexity index is 1160. The zero-order valence-corrected chi connectivity index (χ0v) is 17.8. The van der Waals surface area contributed by atoms with Crippen molar-refractivity contribution in [2.75, 3.05) is 17.2 Å². The molecule has 0 fully saturated rings. The first-order valence-electron chi connectivity index (χ1n) is 10.1. The van der Waals surface area contributed by atoms with Crippen LogP contribution in [-0.4, -0.2) is 29.5 Å².